The molecule has 1 unspecified atom stereocenters. The average Bonchev–Trinajstić information content (AvgIpc) is 2.98. The highest BCUT2D eigenvalue weighted by molar-refractivity contribution is 5.58. The maximum absolute atomic E-state index is 10.2. The molecule has 3 aromatic rings. The molecule has 5 heteroatoms. The number of hydrogen-bond acceptors (Lipinski definition) is 5. The zero-order valence-electron chi connectivity index (χ0n) is 10.6. The van der Waals surface area contributed by atoms with Crippen molar-refractivity contribution in [3.8, 4) is 11.4 Å². The third kappa shape index (κ3) is 2.39. The van der Waals surface area contributed by atoms with E-state index in [1.54, 1.807) is 36.4 Å². The first kappa shape index (κ1) is 12.4. The Labute approximate surface area is 115 Å². The van der Waals surface area contributed by atoms with Crippen LogP contribution in [0.15, 0.2) is 59.1 Å². The maximum Gasteiger partial charge on any atom is 0.260 e. The normalized spacial score (nSPS) is 12.2. The van der Waals surface area contributed by atoms with E-state index in [0.29, 0.717) is 17.1 Å². The lowest BCUT2D eigenvalue weighted by Crippen LogP contribution is -1.99. The number of nitrogens with two attached hydrogens (primary N) is 1. The fourth-order valence-corrected chi connectivity index (χ4v) is 1.87. The molecule has 1 atom stereocenters. The Balaban J connectivity index is 1.89. The predicted molar refractivity (Wildman–Crippen MR) is 74.7 cm³/mol. The lowest BCUT2D eigenvalue weighted by Gasteiger charge is -2.04. The van der Waals surface area contributed by atoms with Crippen LogP contribution in [0.1, 0.15) is 17.6 Å². The zero-order chi connectivity index (χ0) is 13.9. The highest BCUT2D eigenvalue weighted by Crippen LogP contribution is 2.23. The van der Waals surface area contributed by atoms with Gasteiger partial charge in [0, 0.05) is 11.3 Å². The summed E-state index contributed by atoms with van der Waals surface area (Å²) in [6.45, 7) is 0. The quantitative estimate of drug-likeness (QED) is 0.712. The zero-order valence-corrected chi connectivity index (χ0v) is 10.6. The van der Waals surface area contributed by atoms with Crippen molar-refractivity contribution in [2.75, 3.05) is 5.73 Å². The number of nitrogens with zero attached hydrogens (tertiary/aromatic N) is 2. The Kier molecular flexibility index (Phi) is 3.18. The number of benzene rings is 2. The van der Waals surface area contributed by atoms with Gasteiger partial charge < -0.3 is 15.4 Å². The van der Waals surface area contributed by atoms with Crippen molar-refractivity contribution >= 4 is 5.69 Å². The molecule has 0 aliphatic heterocycles. The van der Waals surface area contributed by atoms with Gasteiger partial charge in [-0.05, 0) is 29.8 Å². The van der Waals surface area contributed by atoms with Crippen LogP contribution in [0.25, 0.3) is 11.4 Å². The first-order valence-electron chi connectivity index (χ1n) is 6.16. The summed E-state index contributed by atoms with van der Waals surface area (Å²) in [4.78, 5) is 4.22. The molecular weight excluding hydrogens is 254 g/mol. The van der Waals surface area contributed by atoms with Crippen LogP contribution in [0.3, 0.4) is 0 Å². The minimum atomic E-state index is -0.925. The highest BCUT2D eigenvalue weighted by Gasteiger charge is 2.18. The van der Waals surface area contributed by atoms with Crippen molar-refractivity contribution in [3.05, 3.63) is 66.1 Å². The molecule has 0 spiro atoms. The minimum Gasteiger partial charge on any atom is -0.399 e. The summed E-state index contributed by atoms with van der Waals surface area (Å²) >= 11 is 0. The summed E-state index contributed by atoms with van der Waals surface area (Å²) < 4.78 is 5.12. The third-order valence-electron chi connectivity index (χ3n) is 2.96. The van der Waals surface area contributed by atoms with Crippen molar-refractivity contribution in [2.24, 2.45) is 0 Å². The van der Waals surface area contributed by atoms with E-state index >= 15 is 0 Å². The second-order valence-corrected chi connectivity index (χ2v) is 4.39. The van der Waals surface area contributed by atoms with Crippen molar-refractivity contribution in [1.82, 2.24) is 10.1 Å². The number of rotatable bonds is 3. The highest BCUT2D eigenvalue weighted by atomic mass is 16.5. The Morgan fingerprint density at radius 1 is 1.00 bits per heavy atom. The van der Waals surface area contributed by atoms with E-state index in [1.165, 1.54) is 0 Å². The molecular formula is C15H13N3O2. The van der Waals surface area contributed by atoms with E-state index in [9.17, 15) is 5.11 Å². The summed E-state index contributed by atoms with van der Waals surface area (Å²) in [5.41, 5.74) is 7.79. The summed E-state index contributed by atoms with van der Waals surface area (Å²) in [6.07, 6.45) is -0.925. The molecule has 1 aromatic heterocycles. The molecule has 1 heterocycles. The molecule has 100 valence electrons. The summed E-state index contributed by atoms with van der Waals surface area (Å²) in [6, 6.07) is 16.3. The molecule has 0 amide bonds. The van der Waals surface area contributed by atoms with Gasteiger partial charge in [0.05, 0.1) is 0 Å². The monoisotopic (exact) mass is 267 g/mol. The second-order valence-electron chi connectivity index (χ2n) is 4.39. The van der Waals surface area contributed by atoms with Gasteiger partial charge in [-0.25, -0.2) is 0 Å². The Morgan fingerprint density at radius 2 is 1.70 bits per heavy atom. The topological polar surface area (TPSA) is 85.2 Å². The molecule has 0 saturated carbocycles. The fraction of sp³-hybridized carbons (Fsp3) is 0.0667. The summed E-state index contributed by atoms with van der Waals surface area (Å²) in [5.74, 6) is 0.595. The van der Waals surface area contributed by atoms with E-state index in [0.717, 1.165) is 5.56 Å². The molecule has 0 aliphatic carbocycles. The number of aliphatic hydroxyl groups excluding tert-OH is 1. The first-order valence-corrected chi connectivity index (χ1v) is 6.16. The van der Waals surface area contributed by atoms with Gasteiger partial charge >= 0.3 is 0 Å². The van der Waals surface area contributed by atoms with Crippen LogP contribution in [0.5, 0.6) is 0 Å². The van der Waals surface area contributed by atoms with Gasteiger partial charge in [0.15, 0.2) is 6.10 Å². The predicted octanol–water partition coefficient (Wildman–Crippen LogP) is 2.40. The number of anilines is 1. The van der Waals surface area contributed by atoms with Crippen LogP contribution >= 0.6 is 0 Å². The molecule has 0 aliphatic rings. The molecule has 5 nitrogen and oxygen atoms in total. The van der Waals surface area contributed by atoms with E-state index in [-0.39, 0.29) is 5.89 Å². The minimum absolute atomic E-state index is 0.169. The number of aromatic nitrogens is 2. The molecule has 0 radical (unpaired) electrons. The van der Waals surface area contributed by atoms with Crippen LogP contribution in [-0.4, -0.2) is 15.2 Å². The van der Waals surface area contributed by atoms with Crippen LogP contribution in [0.2, 0.25) is 0 Å². The standard InChI is InChI=1S/C15H13N3O2/c16-12-8-6-11(7-9-12)14-17-15(20-18-14)13(19)10-4-2-1-3-5-10/h1-9,13,19H,16H2. The molecule has 20 heavy (non-hydrogen) atoms. The molecule has 3 rings (SSSR count). The largest absolute Gasteiger partial charge is 0.399 e. The molecule has 3 N–H and O–H groups in total. The van der Waals surface area contributed by atoms with Crippen molar-refractivity contribution in [1.29, 1.82) is 0 Å². The third-order valence-corrected chi connectivity index (χ3v) is 2.96. The van der Waals surface area contributed by atoms with Crippen molar-refractivity contribution in [3.63, 3.8) is 0 Å². The Bertz CT molecular complexity index is 693. The number of nitrogen functional groups attached to an aromatic ring is 1. The van der Waals surface area contributed by atoms with Crippen molar-refractivity contribution in [2.45, 2.75) is 6.10 Å². The SMILES string of the molecule is Nc1ccc(-c2noc(C(O)c3ccccc3)n2)cc1. The van der Waals surface area contributed by atoms with Crippen LogP contribution in [0.4, 0.5) is 5.69 Å². The Morgan fingerprint density at radius 3 is 2.40 bits per heavy atom. The smallest absolute Gasteiger partial charge is 0.260 e. The molecule has 0 fully saturated rings. The van der Waals surface area contributed by atoms with E-state index in [2.05, 4.69) is 10.1 Å². The molecule has 2 aromatic carbocycles. The fourth-order valence-electron chi connectivity index (χ4n) is 1.87. The summed E-state index contributed by atoms with van der Waals surface area (Å²) in [5, 5.41) is 14.1. The number of hydrogen-bond donors (Lipinski definition) is 2. The van der Waals surface area contributed by atoms with Crippen molar-refractivity contribution < 1.29 is 9.63 Å². The summed E-state index contributed by atoms with van der Waals surface area (Å²) in [7, 11) is 0. The van der Waals surface area contributed by atoms with Gasteiger partial charge in [0.25, 0.3) is 5.89 Å². The second kappa shape index (κ2) is 5.14. The van der Waals surface area contributed by atoms with Gasteiger partial charge in [-0.3, -0.25) is 0 Å². The Hall–Kier alpha value is -2.66. The van der Waals surface area contributed by atoms with E-state index in [1.807, 2.05) is 18.2 Å². The van der Waals surface area contributed by atoms with Gasteiger partial charge in [0.1, 0.15) is 0 Å². The van der Waals surface area contributed by atoms with Crippen LogP contribution < -0.4 is 5.73 Å². The molecule has 0 bridgehead atoms. The van der Waals surface area contributed by atoms with E-state index < -0.39 is 6.10 Å². The lowest BCUT2D eigenvalue weighted by molar-refractivity contribution is 0.170. The average molecular weight is 267 g/mol. The van der Waals surface area contributed by atoms with Gasteiger partial charge in [-0.2, -0.15) is 4.98 Å². The van der Waals surface area contributed by atoms with E-state index in [4.69, 9.17) is 10.3 Å². The number of aliphatic hydroxyl groups is 1. The lowest BCUT2D eigenvalue weighted by atomic mass is 10.1. The molecule has 0 saturated heterocycles. The van der Waals surface area contributed by atoms with Gasteiger partial charge in [-0.15, -0.1) is 0 Å². The maximum atomic E-state index is 10.2. The first-order chi connectivity index (χ1) is 9.74. The van der Waals surface area contributed by atoms with Crippen LogP contribution in [0, 0.1) is 0 Å². The van der Waals surface area contributed by atoms with Gasteiger partial charge in [0.2, 0.25) is 5.82 Å². The van der Waals surface area contributed by atoms with Crippen LogP contribution in [-0.2, 0) is 0 Å². The van der Waals surface area contributed by atoms with Gasteiger partial charge in [-0.1, -0.05) is 35.5 Å².